The number of ether oxygens (including phenoxy) is 1. The van der Waals surface area contributed by atoms with Gasteiger partial charge in [0.1, 0.15) is 5.82 Å². The smallest absolute Gasteiger partial charge is 0.285 e. The molecule has 29 heavy (non-hydrogen) atoms. The Kier molecular flexibility index (Phi) is 7.40. The van der Waals surface area contributed by atoms with E-state index in [4.69, 9.17) is 22.1 Å². The van der Waals surface area contributed by atoms with E-state index >= 15 is 0 Å². The van der Waals surface area contributed by atoms with Crippen LogP contribution in [0.4, 0.5) is 14.6 Å². The minimum absolute atomic E-state index is 0.0220. The largest absolute Gasteiger partial charge is 0.384 e. The number of hydrogen-bond acceptors (Lipinski definition) is 5. The molecule has 1 aromatic heterocycles. The number of alkyl halides is 2. The van der Waals surface area contributed by atoms with Crippen LogP contribution >= 0.6 is 11.6 Å². The Hall–Kier alpha value is -1.80. The summed E-state index contributed by atoms with van der Waals surface area (Å²) >= 11 is 5.81. The van der Waals surface area contributed by atoms with Crippen LogP contribution in [-0.2, 0) is 17.1 Å². The van der Waals surface area contributed by atoms with Gasteiger partial charge in [-0.25, -0.2) is 4.98 Å². The molecule has 1 aliphatic rings. The van der Waals surface area contributed by atoms with Crippen LogP contribution in [0.25, 0.3) is 0 Å². The van der Waals surface area contributed by atoms with Gasteiger partial charge in [0.2, 0.25) is 0 Å². The molecule has 4 N–H and O–H groups in total. The minimum atomic E-state index is -2.99. The van der Waals surface area contributed by atoms with E-state index in [2.05, 4.69) is 15.6 Å². The van der Waals surface area contributed by atoms with E-state index in [-0.39, 0.29) is 17.6 Å². The summed E-state index contributed by atoms with van der Waals surface area (Å²) in [6.45, 7) is 3.81. The fraction of sp³-hybridized carbons (Fsp3) is 0.476. The van der Waals surface area contributed by atoms with Gasteiger partial charge in [0.25, 0.3) is 5.92 Å². The van der Waals surface area contributed by atoms with Gasteiger partial charge in [-0.15, -0.1) is 0 Å². The van der Waals surface area contributed by atoms with E-state index < -0.39 is 12.5 Å². The number of rotatable bonds is 9. The highest BCUT2D eigenvalue weighted by Gasteiger charge is 2.31. The van der Waals surface area contributed by atoms with Gasteiger partial charge in [-0.2, -0.15) is 8.78 Å². The number of hydrogen-bond donors (Lipinski definition) is 3. The Morgan fingerprint density at radius 2 is 2.14 bits per heavy atom. The molecule has 1 fully saturated rings. The minimum Gasteiger partial charge on any atom is -0.384 e. The topological polar surface area (TPSA) is 72.2 Å². The first-order chi connectivity index (χ1) is 13.8. The number of nitrogens with zero attached hydrogens (tertiary/aromatic N) is 1. The number of halogens is 3. The number of aryl methyl sites for hydroxylation is 1. The van der Waals surface area contributed by atoms with E-state index in [0.29, 0.717) is 24.0 Å². The van der Waals surface area contributed by atoms with E-state index in [0.717, 1.165) is 30.8 Å². The van der Waals surface area contributed by atoms with Crippen LogP contribution in [0.3, 0.4) is 0 Å². The van der Waals surface area contributed by atoms with Crippen molar-refractivity contribution >= 4 is 17.4 Å². The van der Waals surface area contributed by atoms with Gasteiger partial charge in [-0.3, -0.25) is 0 Å². The molecular weight excluding hydrogens is 398 g/mol. The lowest BCUT2D eigenvalue weighted by molar-refractivity contribution is -0.00799. The predicted molar refractivity (Wildman–Crippen MR) is 111 cm³/mol. The molecule has 0 radical (unpaired) electrons. The lowest BCUT2D eigenvalue weighted by Gasteiger charge is -2.21. The lowest BCUT2D eigenvalue weighted by atomic mass is 9.99. The predicted octanol–water partition coefficient (Wildman–Crippen LogP) is 3.15. The van der Waals surface area contributed by atoms with E-state index in [9.17, 15) is 8.78 Å². The number of nitrogens with two attached hydrogens (primary N) is 1. The van der Waals surface area contributed by atoms with Crippen molar-refractivity contribution in [2.24, 2.45) is 5.92 Å². The van der Waals surface area contributed by atoms with Crippen molar-refractivity contribution in [2.75, 3.05) is 38.5 Å². The van der Waals surface area contributed by atoms with E-state index in [1.165, 1.54) is 18.2 Å². The summed E-state index contributed by atoms with van der Waals surface area (Å²) < 4.78 is 34.4. The Morgan fingerprint density at radius 1 is 1.31 bits per heavy atom. The summed E-state index contributed by atoms with van der Waals surface area (Å²) in [5.41, 5.74) is 7.77. The molecule has 0 spiro atoms. The second-order valence-corrected chi connectivity index (χ2v) is 7.92. The Bertz CT molecular complexity index is 801. The Labute approximate surface area is 175 Å². The Morgan fingerprint density at radius 3 is 2.90 bits per heavy atom. The lowest BCUT2D eigenvalue weighted by Crippen LogP contribution is -2.34. The normalized spacial score (nSPS) is 19.6. The molecule has 1 saturated heterocycles. The van der Waals surface area contributed by atoms with Crippen LogP contribution in [0.5, 0.6) is 0 Å². The third-order valence-corrected chi connectivity index (χ3v) is 5.23. The molecule has 0 amide bonds. The van der Waals surface area contributed by atoms with Crippen molar-refractivity contribution in [3.63, 3.8) is 0 Å². The third kappa shape index (κ3) is 6.34. The zero-order valence-corrected chi connectivity index (χ0v) is 17.2. The average Bonchev–Trinajstić information content (AvgIpc) is 3.07. The molecule has 2 aromatic rings. The number of benzene rings is 1. The second-order valence-electron chi connectivity index (χ2n) is 7.48. The molecule has 5 nitrogen and oxygen atoms in total. The Balaban J connectivity index is 1.42. The van der Waals surface area contributed by atoms with Crippen molar-refractivity contribution in [1.82, 2.24) is 15.6 Å². The molecule has 0 bridgehead atoms. The van der Waals surface area contributed by atoms with Crippen molar-refractivity contribution < 1.29 is 13.5 Å². The van der Waals surface area contributed by atoms with Gasteiger partial charge in [0, 0.05) is 41.8 Å². The zero-order valence-electron chi connectivity index (χ0n) is 16.4. The fourth-order valence-electron chi connectivity index (χ4n) is 3.59. The van der Waals surface area contributed by atoms with E-state index in [1.807, 2.05) is 19.1 Å². The monoisotopic (exact) mass is 424 g/mol. The molecule has 2 heterocycles. The van der Waals surface area contributed by atoms with Crippen LogP contribution in [0.1, 0.15) is 16.8 Å². The van der Waals surface area contributed by atoms with Gasteiger partial charge in [-0.05, 0) is 43.2 Å². The molecule has 0 saturated carbocycles. The SMILES string of the molecule is Cc1cc(N)nc(CC2CNCC2OCCNCC(F)(F)c2cccc(Cl)c2)c1. The number of nitrogen functional groups attached to an aromatic ring is 1. The molecule has 1 aliphatic heterocycles. The number of aromatic nitrogens is 1. The quantitative estimate of drug-likeness (QED) is 0.539. The molecule has 0 aliphatic carbocycles. The standard InChI is InChI=1S/C21H27ClF2N4O/c1-14-7-18(28-20(25)8-14)9-15-11-27-12-19(15)29-6-5-26-13-21(23,24)16-3-2-4-17(22)10-16/h2-4,7-8,10,15,19,26-27H,5-6,9,11-13H2,1H3,(H2,25,28). The zero-order chi connectivity index (χ0) is 20.9. The van der Waals surface area contributed by atoms with E-state index in [1.54, 1.807) is 6.07 Å². The highest BCUT2D eigenvalue weighted by Crippen LogP contribution is 2.28. The van der Waals surface area contributed by atoms with Gasteiger partial charge in [0.05, 0.1) is 19.3 Å². The van der Waals surface area contributed by atoms with Crippen molar-refractivity contribution in [3.8, 4) is 0 Å². The summed E-state index contributed by atoms with van der Waals surface area (Å²) in [7, 11) is 0. The van der Waals surface area contributed by atoms with Crippen LogP contribution in [0.15, 0.2) is 36.4 Å². The number of anilines is 1. The van der Waals surface area contributed by atoms with Crippen LogP contribution in [0.2, 0.25) is 5.02 Å². The summed E-state index contributed by atoms with van der Waals surface area (Å²) in [5.74, 6) is -2.19. The van der Waals surface area contributed by atoms with Gasteiger partial charge in [-0.1, -0.05) is 23.7 Å². The number of pyridine rings is 1. The van der Waals surface area contributed by atoms with Crippen molar-refractivity contribution in [3.05, 3.63) is 58.2 Å². The molecule has 2 unspecified atom stereocenters. The van der Waals surface area contributed by atoms with Crippen LogP contribution < -0.4 is 16.4 Å². The first-order valence-electron chi connectivity index (χ1n) is 9.73. The number of nitrogens with one attached hydrogen (secondary N) is 2. The van der Waals surface area contributed by atoms with Crippen LogP contribution in [0, 0.1) is 12.8 Å². The van der Waals surface area contributed by atoms with Gasteiger partial charge < -0.3 is 21.1 Å². The molecule has 2 atom stereocenters. The molecule has 1 aromatic carbocycles. The van der Waals surface area contributed by atoms with Crippen LogP contribution in [-0.4, -0.2) is 43.9 Å². The maximum Gasteiger partial charge on any atom is 0.285 e. The maximum absolute atomic E-state index is 14.2. The second kappa shape index (κ2) is 9.80. The first kappa shape index (κ1) is 21.9. The fourth-order valence-corrected chi connectivity index (χ4v) is 3.79. The summed E-state index contributed by atoms with van der Waals surface area (Å²) in [4.78, 5) is 4.39. The van der Waals surface area contributed by atoms with Gasteiger partial charge >= 0.3 is 0 Å². The molecular formula is C21H27ClF2N4O. The van der Waals surface area contributed by atoms with Gasteiger partial charge in [0.15, 0.2) is 0 Å². The average molecular weight is 425 g/mol. The molecule has 158 valence electrons. The first-order valence-corrected chi connectivity index (χ1v) is 10.1. The summed E-state index contributed by atoms with van der Waals surface area (Å²) in [6, 6.07) is 9.65. The molecule has 3 rings (SSSR count). The summed E-state index contributed by atoms with van der Waals surface area (Å²) in [6.07, 6.45) is 0.790. The maximum atomic E-state index is 14.2. The third-order valence-electron chi connectivity index (χ3n) is 5.00. The molecule has 8 heteroatoms. The van der Waals surface area contributed by atoms with Crippen molar-refractivity contribution in [1.29, 1.82) is 0 Å². The van der Waals surface area contributed by atoms with Crippen molar-refractivity contribution in [2.45, 2.75) is 25.4 Å². The highest BCUT2D eigenvalue weighted by atomic mass is 35.5. The summed E-state index contributed by atoms with van der Waals surface area (Å²) in [5, 5.41) is 6.41. The highest BCUT2D eigenvalue weighted by molar-refractivity contribution is 6.30.